The summed E-state index contributed by atoms with van der Waals surface area (Å²) in [5.74, 6) is 0.0443. The van der Waals surface area contributed by atoms with Crippen molar-refractivity contribution in [1.29, 1.82) is 0 Å². The van der Waals surface area contributed by atoms with E-state index in [0.717, 1.165) is 12.0 Å². The molecule has 100 valence electrons. The van der Waals surface area contributed by atoms with Crippen LogP contribution >= 0.6 is 11.6 Å². The van der Waals surface area contributed by atoms with Crippen molar-refractivity contribution in [2.24, 2.45) is 11.7 Å². The quantitative estimate of drug-likeness (QED) is 0.861. The zero-order valence-electron chi connectivity index (χ0n) is 11.1. The summed E-state index contributed by atoms with van der Waals surface area (Å²) >= 11 is 5.92. The van der Waals surface area contributed by atoms with Gasteiger partial charge in [0, 0.05) is 11.1 Å². The Morgan fingerprint density at radius 3 is 2.61 bits per heavy atom. The summed E-state index contributed by atoms with van der Waals surface area (Å²) in [5, 5.41) is 3.63. The zero-order chi connectivity index (χ0) is 13.7. The van der Waals surface area contributed by atoms with Crippen molar-refractivity contribution in [2.45, 2.75) is 39.3 Å². The highest BCUT2D eigenvalue weighted by atomic mass is 35.5. The maximum Gasteiger partial charge on any atom is 0.237 e. The van der Waals surface area contributed by atoms with Gasteiger partial charge in [-0.25, -0.2) is 0 Å². The lowest BCUT2D eigenvalue weighted by Crippen LogP contribution is -2.47. The molecule has 1 aromatic rings. The van der Waals surface area contributed by atoms with E-state index in [1.807, 2.05) is 45.0 Å². The van der Waals surface area contributed by atoms with Gasteiger partial charge in [-0.2, -0.15) is 0 Å². The second-order valence-electron chi connectivity index (χ2n) is 5.01. The molecule has 0 aliphatic carbocycles. The first-order chi connectivity index (χ1) is 8.40. The Balaban J connectivity index is 2.51. The van der Waals surface area contributed by atoms with Crippen LogP contribution in [0.3, 0.4) is 0 Å². The maximum atomic E-state index is 11.8. The third-order valence-corrected chi connectivity index (χ3v) is 3.08. The van der Waals surface area contributed by atoms with Crippen LogP contribution in [0.25, 0.3) is 0 Å². The Morgan fingerprint density at radius 1 is 1.39 bits per heavy atom. The minimum absolute atomic E-state index is 0.0424. The molecule has 18 heavy (non-hydrogen) atoms. The molecule has 1 rings (SSSR count). The Morgan fingerprint density at radius 2 is 2.06 bits per heavy atom. The zero-order valence-corrected chi connectivity index (χ0v) is 11.9. The van der Waals surface area contributed by atoms with E-state index in [1.54, 1.807) is 0 Å². The van der Waals surface area contributed by atoms with Crippen molar-refractivity contribution in [2.75, 3.05) is 0 Å². The largest absolute Gasteiger partial charge is 0.352 e. The fourth-order valence-corrected chi connectivity index (χ4v) is 1.92. The fraction of sp³-hybridized carbons (Fsp3) is 0.500. The molecule has 0 saturated heterocycles. The molecule has 0 aliphatic rings. The number of rotatable bonds is 5. The van der Waals surface area contributed by atoms with Crippen molar-refractivity contribution in [3.8, 4) is 0 Å². The highest BCUT2D eigenvalue weighted by molar-refractivity contribution is 6.30. The van der Waals surface area contributed by atoms with Gasteiger partial charge < -0.3 is 11.1 Å². The average molecular weight is 269 g/mol. The summed E-state index contributed by atoms with van der Waals surface area (Å²) in [7, 11) is 0. The number of carbonyl (C=O) groups excluding carboxylic acids is 1. The Hall–Kier alpha value is -1.06. The number of benzene rings is 1. The molecule has 0 bridgehead atoms. The topological polar surface area (TPSA) is 55.1 Å². The minimum atomic E-state index is -0.452. The van der Waals surface area contributed by atoms with Gasteiger partial charge in [0.15, 0.2) is 0 Å². The van der Waals surface area contributed by atoms with Crippen LogP contribution in [0.5, 0.6) is 0 Å². The normalized spacial score (nSPS) is 14.3. The molecule has 0 saturated carbocycles. The summed E-state index contributed by atoms with van der Waals surface area (Å²) in [6.45, 7) is 5.84. The first-order valence-electron chi connectivity index (χ1n) is 6.20. The van der Waals surface area contributed by atoms with E-state index in [0.29, 0.717) is 5.02 Å². The van der Waals surface area contributed by atoms with E-state index in [9.17, 15) is 4.79 Å². The first kappa shape index (κ1) is 15.0. The van der Waals surface area contributed by atoms with E-state index < -0.39 is 6.04 Å². The van der Waals surface area contributed by atoms with Gasteiger partial charge in [-0.1, -0.05) is 37.6 Å². The highest BCUT2D eigenvalue weighted by Gasteiger charge is 2.18. The van der Waals surface area contributed by atoms with Gasteiger partial charge in [-0.15, -0.1) is 0 Å². The van der Waals surface area contributed by atoms with Gasteiger partial charge in [-0.3, -0.25) is 4.79 Å². The van der Waals surface area contributed by atoms with Gasteiger partial charge >= 0.3 is 0 Å². The number of carbonyl (C=O) groups is 1. The van der Waals surface area contributed by atoms with Crippen LogP contribution in [0.4, 0.5) is 0 Å². The fourth-order valence-electron chi connectivity index (χ4n) is 1.71. The van der Waals surface area contributed by atoms with Gasteiger partial charge in [0.25, 0.3) is 0 Å². The average Bonchev–Trinajstić information content (AvgIpc) is 2.27. The lowest BCUT2D eigenvalue weighted by Gasteiger charge is -2.19. The molecular weight excluding hydrogens is 248 g/mol. The van der Waals surface area contributed by atoms with E-state index in [2.05, 4.69) is 5.32 Å². The van der Waals surface area contributed by atoms with Gasteiger partial charge in [0.1, 0.15) is 0 Å². The number of amides is 1. The van der Waals surface area contributed by atoms with Crippen molar-refractivity contribution < 1.29 is 4.79 Å². The molecule has 3 nitrogen and oxygen atoms in total. The molecule has 1 aromatic carbocycles. The number of nitrogens with two attached hydrogens (primary N) is 1. The lowest BCUT2D eigenvalue weighted by atomic mass is 10.0. The molecule has 0 spiro atoms. The molecule has 0 aromatic heterocycles. The van der Waals surface area contributed by atoms with E-state index in [-0.39, 0.29) is 17.9 Å². The predicted molar refractivity (Wildman–Crippen MR) is 75.6 cm³/mol. The summed E-state index contributed by atoms with van der Waals surface area (Å²) in [4.78, 5) is 11.8. The predicted octanol–water partition coefficient (Wildman–Crippen LogP) is 2.37. The standard InChI is InChI=1S/C14H21ClN2O/c1-9(2)13(16)14(18)17-10(3)7-11-5-4-6-12(15)8-11/h4-6,8-10,13H,7,16H2,1-3H3,(H,17,18). The summed E-state index contributed by atoms with van der Waals surface area (Å²) in [5.41, 5.74) is 6.90. The summed E-state index contributed by atoms with van der Waals surface area (Å²) in [6, 6.07) is 7.24. The Kier molecular flexibility index (Phi) is 5.63. The van der Waals surface area contributed by atoms with Crippen LogP contribution in [0.2, 0.25) is 5.02 Å². The second kappa shape index (κ2) is 6.76. The van der Waals surface area contributed by atoms with Crippen LogP contribution in [0.1, 0.15) is 26.3 Å². The van der Waals surface area contributed by atoms with E-state index >= 15 is 0 Å². The van der Waals surface area contributed by atoms with Crippen LogP contribution in [-0.2, 0) is 11.2 Å². The molecule has 0 fully saturated rings. The molecule has 3 N–H and O–H groups in total. The van der Waals surface area contributed by atoms with Crippen molar-refractivity contribution in [1.82, 2.24) is 5.32 Å². The second-order valence-corrected chi connectivity index (χ2v) is 5.45. The number of nitrogens with one attached hydrogen (secondary N) is 1. The molecule has 2 unspecified atom stereocenters. The molecule has 0 aliphatic heterocycles. The SMILES string of the molecule is CC(Cc1cccc(Cl)c1)NC(=O)C(N)C(C)C. The number of hydrogen-bond donors (Lipinski definition) is 2. The Bertz CT molecular complexity index is 407. The van der Waals surface area contributed by atoms with Crippen LogP contribution in [0, 0.1) is 5.92 Å². The minimum Gasteiger partial charge on any atom is -0.352 e. The van der Waals surface area contributed by atoms with Crippen LogP contribution < -0.4 is 11.1 Å². The molecule has 2 atom stereocenters. The number of halogens is 1. The van der Waals surface area contributed by atoms with Crippen LogP contribution in [-0.4, -0.2) is 18.0 Å². The van der Waals surface area contributed by atoms with Gasteiger partial charge in [0.05, 0.1) is 6.04 Å². The third kappa shape index (κ3) is 4.67. The van der Waals surface area contributed by atoms with Crippen molar-refractivity contribution in [3.05, 3.63) is 34.9 Å². The van der Waals surface area contributed by atoms with E-state index in [4.69, 9.17) is 17.3 Å². The lowest BCUT2D eigenvalue weighted by molar-refractivity contribution is -0.123. The number of hydrogen-bond acceptors (Lipinski definition) is 2. The molecule has 0 radical (unpaired) electrons. The maximum absolute atomic E-state index is 11.8. The third-order valence-electron chi connectivity index (χ3n) is 2.84. The molecule has 0 heterocycles. The van der Waals surface area contributed by atoms with Crippen LogP contribution in [0.15, 0.2) is 24.3 Å². The Labute approximate surface area is 114 Å². The van der Waals surface area contributed by atoms with Gasteiger partial charge in [0.2, 0.25) is 5.91 Å². The molecular formula is C14H21ClN2O. The summed E-state index contributed by atoms with van der Waals surface area (Å²) in [6.07, 6.45) is 0.747. The molecule has 1 amide bonds. The van der Waals surface area contributed by atoms with Crippen molar-refractivity contribution in [3.63, 3.8) is 0 Å². The molecule has 4 heteroatoms. The summed E-state index contributed by atoms with van der Waals surface area (Å²) < 4.78 is 0. The van der Waals surface area contributed by atoms with Crippen molar-refractivity contribution >= 4 is 17.5 Å². The first-order valence-corrected chi connectivity index (χ1v) is 6.58. The monoisotopic (exact) mass is 268 g/mol. The van der Waals surface area contributed by atoms with Gasteiger partial charge in [-0.05, 0) is 37.0 Å². The van der Waals surface area contributed by atoms with E-state index in [1.165, 1.54) is 0 Å². The highest BCUT2D eigenvalue weighted by Crippen LogP contribution is 2.12. The smallest absolute Gasteiger partial charge is 0.237 e.